The maximum atomic E-state index is 14.0. The highest BCUT2D eigenvalue weighted by Crippen LogP contribution is 2.48. The first-order chi connectivity index (χ1) is 23.0. The van der Waals surface area contributed by atoms with Gasteiger partial charge in [0.25, 0.3) is 0 Å². The number of carbonyl (C=O) groups is 3. The van der Waals surface area contributed by atoms with Crippen molar-refractivity contribution in [1.82, 2.24) is 20.6 Å². The molecule has 2 amide bonds. The lowest BCUT2D eigenvalue weighted by molar-refractivity contribution is -0.145. The van der Waals surface area contributed by atoms with Crippen molar-refractivity contribution in [2.75, 3.05) is 12.9 Å². The molecule has 0 radical (unpaired) electrons. The van der Waals surface area contributed by atoms with Crippen LogP contribution in [0.15, 0.2) is 134 Å². The van der Waals surface area contributed by atoms with Crippen LogP contribution >= 0.6 is 11.8 Å². The van der Waals surface area contributed by atoms with Gasteiger partial charge in [-0.25, -0.2) is 14.6 Å². The molecule has 0 saturated heterocycles. The van der Waals surface area contributed by atoms with Gasteiger partial charge in [0.2, 0.25) is 5.91 Å². The summed E-state index contributed by atoms with van der Waals surface area (Å²) in [4.78, 5) is 46.9. The van der Waals surface area contributed by atoms with Gasteiger partial charge in [-0.3, -0.25) is 4.79 Å². The number of aromatic nitrogens is 2. The van der Waals surface area contributed by atoms with Gasteiger partial charge in [0.05, 0.1) is 18.2 Å². The number of aromatic amines is 1. The topological polar surface area (TPSA) is 122 Å². The zero-order valence-electron chi connectivity index (χ0n) is 25.9. The second kappa shape index (κ2) is 16.3. The monoisotopic (exact) mass is 648 g/mol. The quantitative estimate of drug-likeness (QED) is 0.105. The van der Waals surface area contributed by atoms with Crippen molar-refractivity contribution in [1.29, 1.82) is 0 Å². The second-order valence-electron chi connectivity index (χ2n) is 10.7. The molecule has 2 unspecified atom stereocenters. The van der Waals surface area contributed by atoms with Crippen molar-refractivity contribution < 1.29 is 23.9 Å². The standard InChI is InChI=1S/C37H36N4O5S/c1-45-35(43)32(22-31-23-38-26-39-31)40-34(42)33(41-36(44)46-24-27-14-6-2-7-15-27)25-47-37(28-16-8-3-9-17-28,29-18-10-4-11-19-29)30-20-12-5-13-21-30/h2-21,23,26,32-33H,22,24-25H2,1H3,(H,38,39)(H,40,42)(H,41,44). The number of nitrogens with one attached hydrogen (secondary N) is 3. The molecule has 0 bridgehead atoms. The molecule has 2 atom stereocenters. The van der Waals surface area contributed by atoms with Gasteiger partial charge in [-0.2, -0.15) is 0 Å². The molecule has 0 spiro atoms. The number of carbonyl (C=O) groups excluding carboxylic acids is 3. The number of hydrogen-bond acceptors (Lipinski definition) is 7. The van der Waals surface area contributed by atoms with E-state index < -0.39 is 34.8 Å². The number of alkyl carbamates (subject to hydrolysis) is 1. The lowest BCUT2D eigenvalue weighted by Gasteiger charge is -2.36. The molecule has 5 aromatic rings. The van der Waals surface area contributed by atoms with E-state index >= 15 is 0 Å². The van der Waals surface area contributed by atoms with Gasteiger partial charge in [-0.1, -0.05) is 121 Å². The van der Waals surface area contributed by atoms with Crippen LogP contribution in [0.4, 0.5) is 4.79 Å². The Labute approximate surface area is 278 Å². The van der Waals surface area contributed by atoms with Crippen molar-refractivity contribution in [2.45, 2.75) is 29.9 Å². The zero-order valence-corrected chi connectivity index (χ0v) is 26.7. The van der Waals surface area contributed by atoms with Crippen LogP contribution in [0.3, 0.4) is 0 Å². The molecule has 47 heavy (non-hydrogen) atoms. The Morgan fingerprint density at radius 2 is 1.30 bits per heavy atom. The highest BCUT2D eigenvalue weighted by Gasteiger charge is 2.39. The van der Waals surface area contributed by atoms with Gasteiger partial charge in [0.1, 0.15) is 18.7 Å². The van der Waals surface area contributed by atoms with E-state index in [-0.39, 0.29) is 18.8 Å². The predicted molar refractivity (Wildman–Crippen MR) is 181 cm³/mol. The molecule has 5 rings (SSSR count). The van der Waals surface area contributed by atoms with E-state index in [4.69, 9.17) is 9.47 Å². The summed E-state index contributed by atoms with van der Waals surface area (Å²) >= 11 is 1.50. The third kappa shape index (κ3) is 8.47. The van der Waals surface area contributed by atoms with Crippen LogP contribution in [-0.4, -0.2) is 52.9 Å². The second-order valence-corrected chi connectivity index (χ2v) is 11.9. The lowest BCUT2D eigenvalue weighted by Crippen LogP contribution is -2.54. The number of thioether (sulfide) groups is 1. The average molecular weight is 649 g/mol. The summed E-state index contributed by atoms with van der Waals surface area (Å²) in [6, 6.07) is 37.3. The van der Waals surface area contributed by atoms with Crippen LogP contribution in [0.2, 0.25) is 0 Å². The minimum atomic E-state index is -1.09. The van der Waals surface area contributed by atoms with Crippen molar-refractivity contribution in [3.8, 4) is 0 Å². The van der Waals surface area contributed by atoms with Crippen LogP contribution in [0.1, 0.15) is 27.9 Å². The Balaban J connectivity index is 1.47. The molecule has 240 valence electrons. The van der Waals surface area contributed by atoms with Crippen molar-refractivity contribution in [2.24, 2.45) is 0 Å². The summed E-state index contributed by atoms with van der Waals surface area (Å²) in [7, 11) is 1.26. The Morgan fingerprint density at radius 3 is 1.79 bits per heavy atom. The molecule has 1 aromatic heterocycles. The lowest BCUT2D eigenvalue weighted by atomic mass is 9.84. The third-order valence-corrected chi connectivity index (χ3v) is 9.25. The molecule has 0 aliphatic heterocycles. The number of hydrogen-bond donors (Lipinski definition) is 3. The minimum Gasteiger partial charge on any atom is -0.467 e. The van der Waals surface area contributed by atoms with Gasteiger partial charge in [0, 0.05) is 24.1 Å². The fourth-order valence-corrected chi connectivity index (χ4v) is 6.85. The van der Waals surface area contributed by atoms with E-state index in [1.54, 1.807) is 6.20 Å². The van der Waals surface area contributed by atoms with E-state index in [1.807, 2.05) is 84.9 Å². The van der Waals surface area contributed by atoms with Crippen LogP contribution in [0, 0.1) is 0 Å². The van der Waals surface area contributed by atoms with Gasteiger partial charge in [-0.05, 0) is 22.3 Å². The molecular weight excluding hydrogens is 612 g/mol. The van der Waals surface area contributed by atoms with E-state index in [1.165, 1.54) is 25.2 Å². The normalized spacial score (nSPS) is 12.4. The Bertz CT molecular complexity index is 1610. The van der Waals surface area contributed by atoms with Gasteiger partial charge < -0.3 is 25.1 Å². The number of benzene rings is 4. The summed E-state index contributed by atoms with van der Waals surface area (Å²) in [5.41, 5.74) is 4.44. The summed E-state index contributed by atoms with van der Waals surface area (Å²) in [6.45, 7) is 0.0285. The fraction of sp³-hybridized carbons (Fsp3) is 0.189. The van der Waals surface area contributed by atoms with Gasteiger partial charge >= 0.3 is 12.1 Å². The van der Waals surface area contributed by atoms with Crippen molar-refractivity contribution in [3.63, 3.8) is 0 Å². The maximum absolute atomic E-state index is 14.0. The first-order valence-electron chi connectivity index (χ1n) is 15.1. The molecule has 3 N–H and O–H groups in total. The highest BCUT2D eigenvalue weighted by atomic mass is 32.2. The third-order valence-electron chi connectivity index (χ3n) is 7.61. The maximum Gasteiger partial charge on any atom is 0.408 e. The first kappa shape index (κ1) is 33.0. The van der Waals surface area contributed by atoms with E-state index in [9.17, 15) is 14.4 Å². The molecule has 4 aromatic carbocycles. The molecule has 0 saturated carbocycles. The molecule has 10 heteroatoms. The van der Waals surface area contributed by atoms with E-state index in [0.717, 1.165) is 22.3 Å². The van der Waals surface area contributed by atoms with E-state index in [2.05, 4.69) is 57.0 Å². The number of methoxy groups -OCH3 is 1. The highest BCUT2D eigenvalue weighted by molar-refractivity contribution is 8.00. The number of H-pyrrole nitrogens is 1. The molecule has 0 aliphatic carbocycles. The molecular formula is C37H36N4O5S. The summed E-state index contributed by atoms with van der Waals surface area (Å²) in [5, 5.41) is 5.56. The fourth-order valence-electron chi connectivity index (χ4n) is 5.29. The SMILES string of the molecule is COC(=O)C(Cc1cnc[nH]1)NC(=O)C(CSC(c1ccccc1)(c1ccccc1)c1ccccc1)NC(=O)OCc1ccccc1. The predicted octanol–water partition coefficient (Wildman–Crippen LogP) is 5.63. The summed E-state index contributed by atoms with van der Waals surface area (Å²) < 4.78 is 9.75. The largest absolute Gasteiger partial charge is 0.467 e. The molecule has 9 nitrogen and oxygen atoms in total. The number of rotatable bonds is 14. The Kier molecular flexibility index (Phi) is 11.4. The number of nitrogens with zero attached hydrogens (tertiary/aromatic N) is 1. The van der Waals surface area contributed by atoms with Crippen LogP contribution < -0.4 is 10.6 Å². The average Bonchev–Trinajstić information content (AvgIpc) is 3.65. The number of esters is 1. The number of ether oxygens (including phenoxy) is 2. The Morgan fingerprint density at radius 1 is 0.766 bits per heavy atom. The Hall–Kier alpha value is -5.35. The van der Waals surface area contributed by atoms with Gasteiger partial charge in [-0.15, -0.1) is 11.8 Å². The van der Waals surface area contributed by atoms with Crippen molar-refractivity contribution in [3.05, 3.63) is 162 Å². The first-order valence-corrected chi connectivity index (χ1v) is 16.1. The number of amides is 2. The number of imidazole rings is 1. The van der Waals surface area contributed by atoms with Crippen molar-refractivity contribution >= 4 is 29.7 Å². The van der Waals surface area contributed by atoms with Gasteiger partial charge in [0.15, 0.2) is 0 Å². The zero-order chi connectivity index (χ0) is 32.9. The van der Waals surface area contributed by atoms with Crippen LogP contribution in [-0.2, 0) is 36.8 Å². The molecule has 0 fully saturated rings. The molecule has 0 aliphatic rings. The smallest absolute Gasteiger partial charge is 0.408 e. The van der Waals surface area contributed by atoms with E-state index in [0.29, 0.717) is 5.69 Å². The summed E-state index contributed by atoms with van der Waals surface area (Å²) in [6.07, 6.45) is 2.43. The van der Waals surface area contributed by atoms with Crippen LogP contribution in [0.25, 0.3) is 0 Å². The minimum absolute atomic E-state index is 0.0285. The summed E-state index contributed by atoms with van der Waals surface area (Å²) in [5.74, 6) is -1.06. The van der Waals surface area contributed by atoms with Crippen LogP contribution in [0.5, 0.6) is 0 Å². The molecule has 1 heterocycles.